The van der Waals surface area contributed by atoms with Crippen LogP contribution in [-0.2, 0) is 19.1 Å². The molecule has 0 saturated heterocycles. The van der Waals surface area contributed by atoms with E-state index in [4.69, 9.17) is 0 Å². The molecule has 10 heteroatoms. The van der Waals surface area contributed by atoms with E-state index in [1.807, 2.05) is 0 Å². The molecule has 2 amide bonds. The molecule has 2 aromatic rings. The molecule has 0 saturated carbocycles. The van der Waals surface area contributed by atoms with Gasteiger partial charge in [-0.1, -0.05) is 21.6 Å². The molecule has 0 radical (unpaired) electrons. The largest absolute Gasteiger partial charge is 0.465 e. The molecule has 0 fully saturated rings. The highest BCUT2D eigenvalue weighted by Gasteiger charge is 2.08. The summed E-state index contributed by atoms with van der Waals surface area (Å²) in [4.78, 5) is 46.8. The first-order valence-electron chi connectivity index (χ1n) is 9.64. The van der Waals surface area contributed by atoms with Gasteiger partial charge in [0.1, 0.15) is 0 Å². The van der Waals surface area contributed by atoms with Crippen molar-refractivity contribution in [2.45, 2.75) is 12.8 Å². The smallest absolute Gasteiger partial charge is 0.337 e. The van der Waals surface area contributed by atoms with Crippen molar-refractivity contribution < 1.29 is 28.7 Å². The summed E-state index contributed by atoms with van der Waals surface area (Å²) in [6.45, 7) is 0. The summed E-state index contributed by atoms with van der Waals surface area (Å²) in [6, 6.07) is 12.9. The van der Waals surface area contributed by atoms with Crippen molar-refractivity contribution in [2.75, 3.05) is 36.4 Å². The third kappa shape index (κ3) is 8.64. The molecule has 170 valence electrons. The fraction of sp³-hybridized carbons (Fsp3) is 0.273. The summed E-state index contributed by atoms with van der Waals surface area (Å²) < 4.78 is 9.26. The lowest BCUT2D eigenvalue weighted by Crippen LogP contribution is -2.13. The SMILES string of the molecule is COC(=O)c1ccc(NC(=O)CCSSCCC(=O)Nc2ccc(C(=O)OC)cc2)cc1. The lowest BCUT2D eigenvalue weighted by molar-refractivity contribution is -0.116. The summed E-state index contributed by atoms with van der Waals surface area (Å²) in [5, 5.41) is 5.54. The lowest BCUT2D eigenvalue weighted by atomic mass is 10.2. The second kappa shape index (κ2) is 13.4. The highest BCUT2D eigenvalue weighted by atomic mass is 33.1. The zero-order chi connectivity index (χ0) is 23.3. The zero-order valence-electron chi connectivity index (χ0n) is 17.7. The molecule has 0 aromatic heterocycles. The minimum absolute atomic E-state index is 0.128. The normalized spacial score (nSPS) is 10.2. The zero-order valence-corrected chi connectivity index (χ0v) is 19.3. The van der Waals surface area contributed by atoms with Gasteiger partial charge in [-0.15, -0.1) is 0 Å². The van der Waals surface area contributed by atoms with Gasteiger partial charge >= 0.3 is 11.9 Å². The van der Waals surface area contributed by atoms with E-state index in [1.54, 1.807) is 48.5 Å². The maximum Gasteiger partial charge on any atom is 0.337 e. The van der Waals surface area contributed by atoms with E-state index in [-0.39, 0.29) is 11.8 Å². The topological polar surface area (TPSA) is 111 Å². The molecule has 0 aliphatic carbocycles. The summed E-state index contributed by atoms with van der Waals surface area (Å²) in [5.74, 6) is 0.0952. The van der Waals surface area contributed by atoms with Crippen LogP contribution < -0.4 is 10.6 Å². The fourth-order valence-electron chi connectivity index (χ4n) is 2.45. The summed E-state index contributed by atoms with van der Waals surface area (Å²) in [6.07, 6.45) is 0.657. The summed E-state index contributed by atoms with van der Waals surface area (Å²) in [7, 11) is 5.67. The van der Waals surface area contributed by atoms with Crippen molar-refractivity contribution in [3.8, 4) is 0 Å². The van der Waals surface area contributed by atoms with E-state index < -0.39 is 11.9 Å². The highest BCUT2D eigenvalue weighted by Crippen LogP contribution is 2.23. The molecule has 0 aliphatic rings. The monoisotopic (exact) mass is 476 g/mol. The number of nitrogens with one attached hydrogen (secondary N) is 2. The Hall–Kier alpha value is -2.98. The average molecular weight is 477 g/mol. The molecule has 32 heavy (non-hydrogen) atoms. The summed E-state index contributed by atoms with van der Waals surface area (Å²) >= 11 is 0. The molecule has 0 heterocycles. The van der Waals surface area contributed by atoms with Gasteiger partial charge in [0.25, 0.3) is 0 Å². The van der Waals surface area contributed by atoms with Gasteiger partial charge in [-0.3, -0.25) is 9.59 Å². The standard InChI is InChI=1S/C22H24N2O6S2/c1-29-21(27)15-3-7-17(8-4-15)23-19(25)11-13-31-32-14-12-20(26)24-18-9-5-16(6-10-18)22(28)30-2/h3-10H,11-14H2,1-2H3,(H,23,25)(H,24,26). The van der Waals surface area contributed by atoms with Crippen molar-refractivity contribution in [1.82, 2.24) is 0 Å². The average Bonchev–Trinajstić information content (AvgIpc) is 2.81. The minimum Gasteiger partial charge on any atom is -0.465 e. The van der Waals surface area contributed by atoms with E-state index in [0.717, 1.165) is 0 Å². The van der Waals surface area contributed by atoms with Gasteiger partial charge in [-0.05, 0) is 48.5 Å². The van der Waals surface area contributed by atoms with Crippen LogP contribution >= 0.6 is 21.6 Å². The number of esters is 2. The Morgan fingerprint density at radius 3 is 1.31 bits per heavy atom. The van der Waals surface area contributed by atoms with Gasteiger partial charge in [-0.2, -0.15) is 0 Å². The fourth-order valence-corrected chi connectivity index (χ4v) is 4.43. The van der Waals surface area contributed by atoms with Crippen molar-refractivity contribution in [3.05, 3.63) is 59.7 Å². The number of anilines is 2. The third-order valence-electron chi connectivity index (χ3n) is 4.09. The number of carbonyl (C=O) groups excluding carboxylic acids is 4. The Morgan fingerprint density at radius 2 is 1.00 bits per heavy atom. The van der Waals surface area contributed by atoms with E-state index >= 15 is 0 Å². The quantitative estimate of drug-likeness (QED) is 0.284. The second-order valence-corrected chi connectivity index (χ2v) is 9.08. The van der Waals surface area contributed by atoms with Crippen LogP contribution in [0.3, 0.4) is 0 Å². The number of amides is 2. The van der Waals surface area contributed by atoms with Crippen LogP contribution in [0, 0.1) is 0 Å². The minimum atomic E-state index is -0.429. The van der Waals surface area contributed by atoms with Gasteiger partial charge < -0.3 is 20.1 Å². The molecule has 0 aliphatic heterocycles. The molecule has 2 N–H and O–H groups in total. The summed E-state index contributed by atoms with van der Waals surface area (Å²) in [5.41, 5.74) is 2.05. The Balaban J connectivity index is 1.58. The lowest BCUT2D eigenvalue weighted by Gasteiger charge is -2.07. The Morgan fingerprint density at radius 1 is 0.656 bits per heavy atom. The highest BCUT2D eigenvalue weighted by molar-refractivity contribution is 8.76. The maximum atomic E-state index is 12.0. The van der Waals surface area contributed by atoms with Gasteiger partial charge in [0.2, 0.25) is 11.8 Å². The Kier molecular flexibility index (Phi) is 10.6. The van der Waals surface area contributed by atoms with Crippen LogP contribution in [0.1, 0.15) is 33.6 Å². The number of ether oxygens (including phenoxy) is 2. The second-order valence-electron chi connectivity index (χ2n) is 6.38. The Bertz CT molecular complexity index is 855. The van der Waals surface area contributed by atoms with Crippen molar-refractivity contribution in [1.29, 1.82) is 0 Å². The van der Waals surface area contributed by atoms with E-state index in [9.17, 15) is 19.2 Å². The van der Waals surface area contributed by atoms with Crippen molar-refractivity contribution in [2.24, 2.45) is 0 Å². The maximum absolute atomic E-state index is 12.0. The molecule has 2 rings (SSSR count). The van der Waals surface area contributed by atoms with E-state index in [0.29, 0.717) is 46.8 Å². The number of rotatable bonds is 11. The number of hydrogen-bond donors (Lipinski definition) is 2. The van der Waals surface area contributed by atoms with Crippen LogP contribution in [-0.4, -0.2) is 49.5 Å². The van der Waals surface area contributed by atoms with Crippen LogP contribution in [0.5, 0.6) is 0 Å². The molecule has 0 atom stereocenters. The van der Waals surface area contributed by atoms with E-state index in [1.165, 1.54) is 35.8 Å². The van der Waals surface area contributed by atoms with E-state index in [2.05, 4.69) is 20.1 Å². The van der Waals surface area contributed by atoms with Gasteiger partial charge in [-0.25, -0.2) is 9.59 Å². The molecular formula is C22H24N2O6S2. The number of methoxy groups -OCH3 is 2. The number of carbonyl (C=O) groups is 4. The van der Waals surface area contributed by atoms with Gasteiger partial charge in [0.05, 0.1) is 25.3 Å². The number of hydrogen-bond acceptors (Lipinski definition) is 8. The molecular weight excluding hydrogens is 452 g/mol. The molecule has 8 nitrogen and oxygen atoms in total. The van der Waals surface area contributed by atoms with Crippen molar-refractivity contribution in [3.63, 3.8) is 0 Å². The first-order chi connectivity index (χ1) is 15.4. The van der Waals surface area contributed by atoms with Crippen LogP contribution in [0.2, 0.25) is 0 Å². The van der Waals surface area contributed by atoms with Crippen LogP contribution in [0.25, 0.3) is 0 Å². The predicted molar refractivity (Wildman–Crippen MR) is 127 cm³/mol. The van der Waals surface area contributed by atoms with Crippen molar-refractivity contribution >= 4 is 56.7 Å². The Labute approximate surface area is 194 Å². The van der Waals surface area contributed by atoms with Gasteiger partial charge in [0.15, 0.2) is 0 Å². The number of benzene rings is 2. The third-order valence-corrected chi connectivity index (χ3v) is 6.50. The molecule has 2 aromatic carbocycles. The van der Waals surface area contributed by atoms with Gasteiger partial charge in [0, 0.05) is 35.7 Å². The molecule has 0 unspecified atom stereocenters. The van der Waals surface area contributed by atoms with Crippen LogP contribution in [0.15, 0.2) is 48.5 Å². The van der Waals surface area contributed by atoms with Crippen LogP contribution in [0.4, 0.5) is 11.4 Å². The first kappa shape index (κ1) is 25.3. The molecule has 0 spiro atoms. The molecule has 0 bridgehead atoms. The predicted octanol–water partition coefficient (Wildman–Crippen LogP) is 4.00. The first-order valence-corrected chi connectivity index (χ1v) is 12.1.